The fraction of sp³-hybridized carbons (Fsp3) is 0.316. The average Bonchev–Trinajstić information content (AvgIpc) is 2.69. The van der Waals surface area contributed by atoms with E-state index in [9.17, 15) is 8.42 Å². The molecule has 0 bridgehead atoms. The van der Waals surface area contributed by atoms with Crippen LogP contribution in [0.25, 0.3) is 0 Å². The van der Waals surface area contributed by atoms with Crippen molar-refractivity contribution < 1.29 is 27.4 Å². The predicted octanol–water partition coefficient (Wildman–Crippen LogP) is 2.81. The van der Waals surface area contributed by atoms with Gasteiger partial charge in [-0.15, -0.1) is 0 Å². The molecular formula is C19H24N2O6S. The molecule has 0 atom stereocenters. The van der Waals surface area contributed by atoms with Gasteiger partial charge in [0.05, 0.1) is 33.6 Å². The van der Waals surface area contributed by atoms with E-state index in [2.05, 4.69) is 9.93 Å². The first-order valence-electron chi connectivity index (χ1n) is 8.61. The number of hydrogen-bond acceptors (Lipinski definition) is 7. The highest BCUT2D eigenvalue weighted by molar-refractivity contribution is 7.89. The fourth-order valence-electron chi connectivity index (χ4n) is 2.36. The van der Waals surface area contributed by atoms with E-state index >= 15 is 0 Å². The molecule has 28 heavy (non-hydrogen) atoms. The number of nitrogens with one attached hydrogen (secondary N) is 1. The topological polar surface area (TPSA) is 95.5 Å². The lowest BCUT2D eigenvalue weighted by atomic mass is 10.2. The van der Waals surface area contributed by atoms with Crippen LogP contribution in [0.4, 0.5) is 0 Å². The molecule has 0 saturated heterocycles. The summed E-state index contributed by atoms with van der Waals surface area (Å²) in [7, 11) is -1.11. The summed E-state index contributed by atoms with van der Waals surface area (Å²) in [4.78, 5) is 2.10. The molecule has 0 aliphatic carbocycles. The molecule has 2 aromatic carbocycles. The number of ether oxygens (including phenoxy) is 4. The van der Waals surface area contributed by atoms with Crippen molar-refractivity contribution >= 4 is 16.2 Å². The van der Waals surface area contributed by atoms with Crippen molar-refractivity contribution in [2.75, 3.05) is 27.4 Å². The van der Waals surface area contributed by atoms with Gasteiger partial charge in [-0.05, 0) is 49.7 Å². The van der Waals surface area contributed by atoms with Gasteiger partial charge in [0.1, 0.15) is 16.4 Å². The van der Waals surface area contributed by atoms with Gasteiger partial charge in [-0.2, -0.15) is 18.4 Å². The highest BCUT2D eigenvalue weighted by atomic mass is 32.2. The summed E-state index contributed by atoms with van der Waals surface area (Å²) in [5, 5.41) is 3.84. The van der Waals surface area contributed by atoms with Gasteiger partial charge in [0.2, 0.25) is 0 Å². The summed E-state index contributed by atoms with van der Waals surface area (Å²) in [6, 6.07) is 9.69. The quantitative estimate of drug-likeness (QED) is 0.480. The Balaban J connectivity index is 2.23. The lowest BCUT2D eigenvalue weighted by Crippen LogP contribution is -2.19. The maximum Gasteiger partial charge on any atom is 0.280 e. The van der Waals surface area contributed by atoms with Crippen LogP contribution in [-0.2, 0) is 10.0 Å². The third-order valence-corrected chi connectivity index (χ3v) is 4.86. The van der Waals surface area contributed by atoms with Crippen molar-refractivity contribution in [1.82, 2.24) is 4.83 Å². The lowest BCUT2D eigenvalue weighted by molar-refractivity contribution is 0.288. The Kier molecular flexibility index (Phi) is 7.51. The molecule has 0 heterocycles. The third-order valence-electron chi connectivity index (χ3n) is 3.61. The van der Waals surface area contributed by atoms with E-state index in [4.69, 9.17) is 18.9 Å². The van der Waals surface area contributed by atoms with E-state index in [1.807, 2.05) is 13.8 Å². The Labute approximate surface area is 165 Å². The summed E-state index contributed by atoms with van der Waals surface area (Å²) in [6.45, 7) is 4.73. The summed E-state index contributed by atoms with van der Waals surface area (Å²) < 4.78 is 46.4. The molecule has 0 amide bonds. The highest BCUT2D eigenvalue weighted by Crippen LogP contribution is 2.29. The van der Waals surface area contributed by atoms with E-state index in [0.29, 0.717) is 36.0 Å². The van der Waals surface area contributed by atoms with E-state index in [0.717, 1.165) is 0 Å². The summed E-state index contributed by atoms with van der Waals surface area (Å²) in [5.41, 5.74) is 0.646. The van der Waals surface area contributed by atoms with Crippen LogP contribution in [0.15, 0.2) is 46.4 Å². The van der Waals surface area contributed by atoms with Crippen molar-refractivity contribution in [3.63, 3.8) is 0 Å². The maximum absolute atomic E-state index is 12.6. The Morgan fingerprint density at radius 3 is 2.25 bits per heavy atom. The summed E-state index contributed by atoms with van der Waals surface area (Å²) in [5.74, 6) is 1.75. The van der Waals surface area contributed by atoms with Crippen LogP contribution in [-0.4, -0.2) is 42.1 Å². The number of hydrogen-bond donors (Lipinski definition) is 1. The van der Waals surface area contributed by atoms with Crippen LogP contribution in [0, 0.1) is 0 Å². The second kappa shape index (κ2) is 9.84. The second-order valence-electron chi connectivity index (χ2n) is 5.44. The summed E-state index contributed by atoms with van der Waals surface area (Å²) in [6.07, 6.45) is 1.38. The van der Waals surface area contributed by atoms with Gasteiger partial charge in [-0.3, -0.25) is 0 Å². The molecule has 0 spiro atoms. The summed E-state index contributed by atoms with van der Waals surface area (Å²) >= 11 is 0. The molecule has 1 N–H and O–H groups in total. The Hall–Kier alpha value is -2.94. The largest absolute Gasteiger partial charge is 0.497 e. The van der Waals surface area contributed by atoms with Crippen LogP contribution in [0.2, 0.25) is 0 Å². The van der Waals surface area contributed by atoms with E-state index in [1.165, 1.54) is 32.6 Å². The normalized spacial score (nSPS) is 11.3. The zero-order valence-corrected chi connectivity index (χ0v) is 17.1. The fourth-order valence-corrected chi connectivity index (χ4v) is 3.34. The number of methoxy groups -OCH3 is 2. The third kappa shape index (κ3) is 5.29. The maximum atomic E-state index is 12.6. The van der Waals surface area contributed by atoms with Gasteiger partial charge in [0, 0.05) is 6.07 Å². The Bertz CT molecular complexity index is 928. The lowest BCUT2D eigenvalue weighted by Gasteiger charge is -2.11. The number of benzene rings is 2. The number of rotatable bonds is 10. The van der Waals surface area contributed by atoms with Gasteiger partial charge in [-0.25, -0.2) is 0 Å². The van der Waals surface area contributed by atoms with Crippen LogP contribution in [0.1, 0.15) is 19.4 Å². The first-order chi connectivity index (χ1) is 13.4. The molecule has 8 nitrogen and oxygen atoms in total. The molecule has 0 fully saturated rings. The predicted molar refractivity (Wildman–Crippen MR) is 106 cm³/mol. The van der Waals surface area contributed by atoms with Crippen molar-refractivity contribution in [3.05, 3.63) is 42.0 Å². The number of sulfonamides is 1. The standard InChI is InChI=1S/C19H24N2O6S/c1-5-26-16-9-7-14(11-18(16)27-6-2)13-20-21-28(22,23)19-12-15(24-3)8-10-17(19)25-4/h7-13,21H,5-6H2,1-4H3/b20-13-. The van der Waals surface area contributed by atoms with Crippen LogP contribution in [0.5, 0.6) is 23.0 Å². The average molecular weight is 408 g/mol. The molecule has 0 aliphatic rings. The molecule has 152 valence electrons. The number of nitrogens with zero attached hydrogens (tertiary/aromatic N) is 1. The zero-order valence-electron chi connectivity index (χ0n) is 16.3. The minimum atomic E-state index is -3.95. The molecule has 0 aliphatic heterocycles. The van der Waals surface area contributed by atoms with Crippen molar-refractivity contribution in [3.8, 4) is 23.0 Å². The monoisotopic (exact) mass is 408 g/mol. The van der Waals surface area contributed by atoms with E-state index < -0.39 is 10.0 Å². The van der Waals surface area contributed by atoms with Crippen LogP contribution < -0.4 is 23.8 Å². The minimum Gasteiger partial charge on any atom is -0.497 e. The first-order valence-corrected chi connectivity index (χ1v) is 10.1. The molecule has 0 radical (unpaired) electrons. The second-order valence-corrected chi connectivity index (χ2v) is 7.07. The van der Waals surface area contributed by atoms with Crippen LogP contribution >= 0.6 is 0 Å². The first kappa shape index (κ1) is 21.4. The van der Waals surface area contributed by atoms with Crippen molar-refractivity contribution in [1.29, 1.82) is 0 Å². The van der Waals surface area contributed by atoms with Gasteiger partial charge < -0.3 is 18.9 Å². The van der Waals surface area contributed by atoms with E-state index in [-0.39, 0.29) is 10.6 Å². The molecule has 0 saturated carbocycles. The van der Waals surface area contributed by atoms with Gasteiger partial charge in [-0.1, -0.05) is 0 Å². The van der Waals surface area contributed by atoms with E-state index in [1.54, 1.807) is 24.3 Å². The molecule has 2 aromatic rings. The highest BCUT2D eigenvalue weighted by Gasteiger charge is 2.20. The zero-order chi connectivity index (χ0) is 20.6. The van der Waals surface area contributed by atoms with Crippen molar-refractivity contribution in [2.45, 2.75) is 18.7 Å². The minimum absolute atomic E-state index is 0.0757. The van der Waals surface area contributed by atoms with Gasteiger partial charge in [0.15, 0.2) is 11.5 Å². The van der Waals surface area contributed by atoms with Gasteiger partial charge in [0.25, 0.3) is 10.0 Å². The molecule has 9 heteroatoms. The molecule has 2 rings (SSSR count). The SMILES string of the molecule is CCOc1ccc(/C=N\NS(=O)(=O)c2cc(OC)ccc2OC)cc1OCC. The van der Waals surface area contributed by atoms with Gasteiger partial charge >= 0.3 is 0 Å². The molecular weight excluding hydrogens is 384 g/mol. The molecule has 0 unspecified atom stereocenters. The van der Waals surface area contributed by atoms with Crippen LogP contribution in [0.3, 0.4) is 0 Å². The smallest absolute Gasteiger partial charge is 0.280 e. The van der Waals surface area contributed by atoms with Crippen molar-refractivity contribution in [2.24, 2.45) is 5.10 Å². The molecule has 0 aromatic heterocycles. The Morgan fingerprint density at radius 2 is 1.61 bits per heavy atom. The Morgan fingerprint density at radius 1 is 0.929 bits per heavy atom. The number of hydrazone groups is 1.